The maximum absolute atomic E-state index is 12.1. The van der Waals surface area contributed by atoms with E-state index in [1.807, 2.05) is 39.1 Å². The van der Waals surface area contributed by atoms with Gasteiger partial charge in [0.25, 0.3) is 0 Å². The Morgan fingerprint density at radius 2 is 1.83 bits per heavy atom. The molecule has 24 heavy (non-hydrogen) atoms. The number of carbonyl (C=O) groups is 1. The van der Waals surface area contributed by atoms with Crippen molar-refractivity contribution in [3.63, 3.8) is 0 Å². The normalized spacial score (nSPS) is 11.2. The number of halogens is 1. The van der Waals surface area contributed by atoms with Crippen LogP contribution in [0.4, 0.5) is 4.79 Å². The highest BCUT2D eigenvalue weighted by Crippen LogP contribution is 2.26. The van der Waals surface area contributed by atoms with Crippen molar-refractivity contribution < 1.29 is 9.53 Å². The van der Waals surface area contributed by atoms with Gasteiger partial charge in [0, 0.05) is 29.5 Å². The van der Waals surface area contributed by atoms with Crippen molar-refractivity contribution in [3.8, 4) is 11.1 Å². The van der Waals surface area contributed by atoms with E-state index in [9.17, 15) is 4.79 Å². The lowest BCUT2D eigenvalue weighted by Gasteiger charge is -2.25. The summed E-state index contributed by atoms with van der Waals surface area (Å²) >= 11 is 3.45. The minimum atomic E-state index is -0.502. The summed E-state index contributed by atoms with van der Waals surface area (Å²) in [7, 11) is 1.74. The van der Waals surface area contributed by atoms with Crippen molar-refractivity contribution in [3.05, 3.63) is 52.3 Å². The monoisotopic (exact) mass is 390 g/mol. The second-order valence-electron chi connectivity index (χ2n) is 6.81. The molecule has 0 bridgehead atoms. The van der Waals surface area contributed by atoms with Gasteiger partial charge in [0.1, 0.15) is 5.60 Å². The Hall–Kier alpha value is -1.88. The molecular weight excluding hydrogens is 368 g/mol. The SMILES string of the molecule is Cc1c(CN(C)C(=O)OC(C)(C)C)cncc1-c1ccc(Br)cc1. The summed E-state index contributed by atoms with van der Waals surface area (Å²) < 4.78 is 6.44. The average Bonchev–Trinajstić information content (AvgIpc) is 2.48. The summed E-state index contributed by atoms with van der Waals surface area (Å²) in [6.45, 7) is 8.09. The van der Waals surface area contributed by atoms with Gasteiger partial charge in [0.15, 0.2) is 0 Å². The zero-order valence-electron chi connectivity index (χ0n) is 14.8. The minimum Gasteiger partial charge on any atom is -0.444 e. The van der Waals surface area contributed by atoms with Crippen LogP contribution in [0.5, 0.6) is 0 Å². The molecule has 0 atom stereocenters. The van der Waals surface area contributed by atoms with Crippen LogP contribution in [0.3, 0.4) is 0 Å². The van der Waals surface area contributed by atoms with E-state index in [-0.39, 0.29) is 6.09 Å². The van der Waals surface area contributed by atoms with E-state index in [1.54, 1.807) is 18.1 Å². The summed E-state index contributed by atoms with van der Waals surface area (Å²) in [5.74, 6) is 0. The molecule has 1 amide bonds. The van der Waals surface area contributed by atoms with Crippen LogP contribution in [0, 0.1) is 6.92 Å². The number of aromatic nitrogens is 1. The second kappa shape index (κ2) is 7.34. The highest BCUT2D eigenvalue weighted by atomic mass is 79.9. The third-order valence-electron chi connectivity index (χ3n) is 3.59. The van der Waals surface area contributed by atoms with Gasteiger partial charge >= 0.3 is 6.09 Å². The van der Waals surface area contributed by atoms with Crippen LogP contribution < -0.4 is 0 Å². The van der Waals surface area contributed by atoms with Crippen LogP contribution >= 0.6 is 15.9 Å². The van der Waals surface area contributed by atoms with Gasteiger partial charge in [-0.15, -0.1) is 0 Å². The fraction of sp³-hybridized carbons (Fsp3) is 0.368. The van der Waals surface area contributed by atoms with E-state index in [1.165, 1.54) is 0 Å². The molecular formula is C19H23BrN2O2. The molecule has 0 aliphatic carbocycles. The Morgan fingerprint density at radius 3 is 2.42 bits per heavy atom. The number of hydrogen-bond acceptors (Lipinski definition) is 3. The van der Waals surface area contributed by atoms with Crippen molar-refractivity contribution in [2.24, 2.45) is 0 Å². The molecule has 1 aromatic heterocycles. The maximum atomic E-state index is 12.1. The minimum absolute atomic E-state index is 0.337. The first-order valence-electron chi connectivity index (χ1n) is 7.81. The number of carbonyl (C=O) groups excluding carboxylic acids is 1. The number of ether oxygens (including phenoxy) is 1. The summed E-state index contributed by atoms with van der Waals surface area (Å²) in [6.07, 6.45) is 3.32. The van der Waals surface area contributed by atoms with Crippen LogP contribution in [0.15, 0.2) is 41.1 Å². The summed E-state index contributed by atoms with van der Waals surface area (Å²) in [6, 6.07) is 8.12. The molecule has 4 nitrogen and oxygen atoms in total. The fourth-order valence-corrected chi connectivity index (χ4v) is 2.57. The lowest BCUT2D eigenvalue weighted by molar-refractivity contribution is 0.0285. The molecule has 0 fully saturated rings. The molecule has 2 rings (SSSR count). The molecule has 0 N–H and O–H groups in total. The number of nitrogens with zero attached hydrogens (tertiary/aromatic N) is 2. The highest BCUT2D eigenvalue weighted by molar-refractivity contribution is 9.10. The lowest BCUT2D eigenvalue weighted by Crippen LogP contribution is -2.34. The van der Waals surface area contributed by atoms with Crippen LogP contribution in [-0.4, -0.2) is 28.6 Å². The summed E-state index contributed by atoms with van der Waals surface area (Å²) in [4.78, 5) is 18.1. The zero-order chi connectivity index (χ0) is 17.9. The Bertz CT molecular complexity index is 721. The van der Waals surface area contributed by atoms with E-state index in [2.05, 4.69) is 40.0 Å². The number of amides is 1. The summed E-state index contributed by atoms with van der Waals surface area (Å²) in [5.41, 5.74) is 3.78. The average molecular weight is 391 g/mol. The van der Waals surface area contributed by atoms with Crippen LogP contribution in [0.25, 0.3) is 11.1 Å². The third kappa shape index (κ3) is 4.81. The van der Waals surface area contributed by atoms with E-state index in [0.29, 0.717) is 6.54 Å². The molecule has 0 spiro atoms. The third-order valence-corrected chi connectivity index (χ3v) is 4.12. The molecule has 0 aliphatic heterocycles. The van der Waals surface area contributed by atoms with Gasteiger partial charge in [-0.05, 0) is 56.5 Å². The Kier molecular flexibility index (Phi) is 5.65. The first-order valence-corrected chi connectivity index (χ1v) is 8.60. The second-order valence-corrected chi connectivity index (χ2v) is 7.73. The van der Waals surface area contributed by atoms with E-state index in [4.69, 9.17) is 4.74 Å². The number of benzene rings is 1. The standard InChI is InChI=1S/C19H23BrN2O2/c1-13-15(12-22(5)18(23)24-19(2,3)4)10-21-11-17(13)14-6-8-16(20)9-7-14/h6-11H,12H2,1-5H3. The van der Waals surface area contributed by atoms with Gasteiger partial charge in [-0.3, -0.25) is 4.98 Å². The van der Waals surface area contributed by atoms with Gasteiger partial charge in [0.05, 0.1) is 6.54 Å². The van der Waals surface area contributed by atoms with Gasteiger partial charge in [-0.25, -0.2) is 4.79 Å². The predicted octanol–water partition coefficient (Wildman–Crippen LogP) is 5.19. The quantitative estimate of drug-likeness (QED) is 0.724. The fourth-order valence-electron chi connectivity index (χ4n) is 2.31. The molecule has 0 aliphatic rings. The summed E-state index contributed by atoms with van der Waals surface area (Å²) in [5, 5.41) is 0. The van der Waals surface area contributed by atoms with Gasteiger partial charge < -0.3 is 9.64 Å². The molecule has 1 aromatic carbocycles. The van der Waals surface area contributed by atoms with Gasteiger partial charge in [0.2, 0.25) is 0 Å². The lowest BCUT2D eigenvalue weighted by atomic mass is 9.99. The van der Waals surface area contributed by atoms with Crippen LogP contribution in [-0.2, 0) is 11.3 Å². The Balaban J connectivity index is 2.21. The molecule has 1 heterocycles. The number of rotatable bonds is 3. The van der Waals surface area contributed by atoms with Crippen molar-refractivity contribution in [2.75, 3.05) is 7.05 Å². The van der Waals surface area contributed by atoms with Crippen LogP contribution in [0.2, 0.25) is 0 Å². The van der Waals surface area contributed by atoms with Crippen molar-refractivity contribution >= 4 is 22.0 Å². The molecule has 128 valence electrons. The number of pyridine rings is 1. The first-order chi connectivity index (χ1) is 11.2. The van der Waals surface area contributed by atoms with E-state index >= 15 is 0 Å². The molecule has 2 aromatic rings. The van der Waals surface area contributed by atoms with Crippen molar-refractivity contribution in [1.29, 1.82) is 0 Å². The smallest absolute Gasteiger partial charge is 0.410 e. The maximum Gasteiger partial charge on any atom is 0.410 e. The van der Waals surface area contributed by atoms with Crippen LogP contribution in [0.1, 0.15) is 31.9 Å². The highest BCUT2D eigenvalue weighted by Gasteiger charge is 2.20. The molecule has 5 heteroatoms. The largest absolute Gasteiger partial charge is 0.444 e. The van der Waals surface area contributed by atoms with Gasteiger partial charge in [-0.1, -0.05) is 28.1 Å². The molecule has 0 unspecified atom stereocenters. The predicted molar refractivity (Wildman–Crippen MR) is 99.8 cm³/mol. The van der Waals surface area contributed by atoms with Crippen molar-refractivity contribution in [2.45, 2.75) is 39.8 Å². The van der Waals surface area contributed by atoms with E-state index in [0.717, 1.165) is 26.7 Å². The number of hydrogen-bond donors (Lipinski definition) is 0. The molecule has 0 saturated heterocycles. The molecule has 0 saturated carbocycles. The Labute approximate surface area is 152 Å². The van der Waals surface area contributed by atoms with Gasteiger partial charge in [-0.2, -0.15) is 0 Å². The first kappa shape index (κ1) is 18.5. The van der Waals surface area contributed by atoms with Crippen molar-refractivity contribution in [1.82, 2.24) is 9.88 Å². The Morgan fingerprint density at radius 1 is 1.21 bits per heavy atom. The molecule has 0 radical (unpaired) electrons. The van der Waals surface area contributed by atoms with E-state index < -0.39 is 5.60 Å². The topological polar surface area (TPSA) is 42.4 Å². The zero-order valence-corrected chi connectivity index (χ0v) is 16.3.